The van der Waals surface area contributed by atoms with E-state index in [1.165, 1.54) is 6.92 Å². The van der Waals surface area contributed by atoms with Crippen LogP contribution in [0.1, 0.15) is 44.7 Å². The highest BCUT2D eigenvalue weighted by Crippen LogP contribution is 2.44. The van der Waals surface area contributed by atoms with Crippen molar-refractivity contribution in [3.63, 3.8) is 0 Å². The number of ether oxygens (including phenoxy) is 6. The fourth-order valence-electron chi connectivity index (χ4n) is 5.25. The van der Waals surface area contributed by atoms with Crippen LogP contribution in [0.15, 0.2) is 48.5 Å². The van der Waals surface area contributed by atoms with Gasteiger partial charge in [0.1, 0.15) is 6.61 Å². The summed E-state index contributed by atoms with van der Waals surface area (Å²) in [6.07, 6.45) is -7.24. The minimum atomic E-state index is -1.59. The van der Waals surface area contributed by atoms with Crippen LogP contribution in [0.2, 0.25) is 0 Å². The normalized spacial score (nSPS) is 23.2. The third kappa shape index (κ3) is 7.48. The Morgan fingerprint density at radius 2 is 1.33 bits per heavy atom. The van der Waals surface area contributed by atoms with E-state index in [1.54, 1.807) is 0 Å². The fraction of sp³-hybridized carbons (Fsp3) is 0.433. The lowest BCUT2D eigenvalue weighted by Crippen LogP contribution is -2.61. The summed E-state index contributed by atoms with van der Waals surface area (Å²) in [5.41, 5.74) is 4.06. The minimum Gasteiger partial charge on any atom is -0.480 e. The van der Waals surface area contributed by atoms with Gasteiger partial charge in [-0.15, -0.1) is 0 Å². The zero-order valence-corrected chi connectivity index (χ0v) is 24.0. The smallest absolute Gasteiger partial charge is 0.407 e. The molecule has 43 heavy (non-hydrogen) atoms. The number of fused-ring (bicyclic) bond motifs is 3. The molecule has 230 valence electrons. The monoisotopic (exact) mass is 599 g/mol. The number of carboxylic acids is 1. The Morgan fingerprint density at radius 1 is 0.814 bits per heavy atom. The molecule has 0 spiro atoms. The number of carboxylic acid groups (broad SMARTS) is 1. The topological polar surface area (TPSA) is 173 Å². The lowest BCUT2D eigenvalue weighted by atomic mass is 9.98. The largest absolute Gasteiger partial charge is 0.480 e. The predicted octanol–water partition coefficient (Wildman–Crippen LogP) is 2.53. The molecule has 1 aliphatic carbocycles. The van der Waals surface area contributed by atoms with Crippen LogP contribution in [0.5, 0.6) is 0 Å². The Morgan fingerprint density at radius 3 is 1.86 bits per heavy atom. The van der Waals surface area contributed by atoms with Crippen LogP contribution in [0, 0.1) is 0 Å². The predicted molar refractivity (Wildman–Crippen MR) is 147 cm³/mol. The van der Waals surface area contributed by atoms with Crippen molar-refractivity contribution in [3.8, 4) is 11.1 Å². The maximum Gasteiger partial charge on any atom is 0.407 e. The van der Waals surface area contributed by atoms with Gasteiger partial charge in [0.05, 0.1) is 12.7 Å². The molecule has 0 bridgehead atoms. The van der Waals surface area contributed by atoms with Gasteiger partial charge in [-0.25, -0.2) is 9.59 Å². The summed E-state index contributed by atoms with van der Waals surface area (Å²) >= 11 is 0. The van der Waals surface area contributed by atoms with E-state index in [1.807, 2.05) is 48.5 Å². The molecular formula is C30H33NO12. The number of amides is 1. The maximum atomic E-state index is 12.7. The Balaban J connectivity index is 1.42. The molecule has 2 aliphatic rings. The average molecular weight is 600 g/mol. The number of esters is 3. The van der Waals surface area contributed by atoms with Gasteiger partial charge in [0.2, 0.25) is 0 Å². The standard InChI is InChI=1S/C30H33NO12/c1-15-25(41-16(2)32)26(42-17(3)33)27(43-18(4)34)29(40-15)38-14-24(28(35)36)31-30(37)39-13-23-21-11-7-5-9-19(21)20-10-6-8-12-22(20)23/h5-12,15,23-27,29H,13-14H2,1-4H3,(H,31,37)(H,35,36)/t15-,24-,25-,26+,27+,29+/m0/s1. The summed E-state index contributed by atoms with van der Waals surface area (Å²) < 4.78 is 32.7. The van der Waals surface area contributed by atoms with E-state index < -0.39 is 73.3 Å². The number of hydrogen-bond acceptors (Lipinski definition) is 11. The third-order valence-electron chi connectivity index (χ3n) is 6.99. The van der Waals surface area contributed by atoms with Crippen LogP contribution in [0.4, 0.5) is 4.79 Å². The van der Waals surface area contributed by atoms with Crippen LogP contribution in [0.25, 0.3) is 11.1 Å². The highest BCUT2D eigenvalue weighted by molar-refractivity contribution is 5.81. The first kappa shape index (κ1) is 31.4. The lowest BCUT2D eigenvalue weighted by Gasteiger charge is -2.43. The van der Waals surface area contributed by atoms with Crippen molar-refractivity contribution in [1.82, 2.24) is 5.32 Å². The molecule has 0 radical (unpaired) electrons. The summed E-state index contributed by atoms with van der Waals surface area (Å²) in [7, 11) is 0. The first-order valence-corrected chi connectivity index (χ1v) is 13.6. The molecule has 0 unspecified atom stereocenters. The molecule has 2 aromatic carbocycles. The minimum absolute atomic E-state index is 0.0353. The molecule has 1 fully saturated rings. The number of nitrogens with one attached hydrogen (secondary N) is 1. The summed E-state index contributed by atoms with van der Waals surface area (Å²) in [5, 5.41) is 12.0. The van der Waals surface area contributed by atoms with Gasteiger partial charge in [0, 0.05) is 26.7 Å². The van der Waals surface area contributed by atoms with Crippen LogP contribution >= 0.6 is 0 Å². The van der Waals surface area contributed by atoms with E-state index in [9.17, 15) is 29.1 Å². The number of benzene rings is 2. The van der Waals surface area contributed by atoms with Gasteiger partial charge >= 0.3 is 30.0 Å². The number of alkyl carbamates (subject to hydrolysis) is 1. The van der Waals surface area contributed by atoms with Crippen molar-refractivity contribution in [2.75, 3.05) is 13.2 Å². The SMILES string of the molecule is CC(=O)O[C@@H]1[C@@H](OC(C)=O)[C@H](C)O[C@@H](OC[C@H](NC(=O)OCC2c3ccccc3-c3ccccc32)C(=O)O)[C@@H]1OC(C)=O. The molecule has 1 heterocycles. The van der Waals surface area contributed by atoms with Gasteiger partial charge in [-0.2, -0.15) is 0 Å². The second-order valence-electron chi connectivity index (χ2n) is 10.1. The van der Waals surface area contributed by atoms with E-state index >= 15 is 0 Å². The molecule has 1 aliphatic heterocycles. The summed E-state index contributed by atoms with van der Waals surface area (Å²) in [5.74, 6) is -3.91. The third-order valence-corrected chi connectivity index (χ3v) is 6.99. The van der Waals surface area contributed by atoms with E-state index in [-0.39, 0.29) is 12.5 Å². The van der Waals surface area contributed by atoms with Crippen molar-refractivity contribution in [1.29, 1.82) is 0 Å². The molecule has 1 amide bonds. The fourth-order valence-corrected chi connectivity index (χ4v) is 5.25. The second-order valence-corrected chi connectivity index (χ2v) is 10.1. The molecular weight excluding hydrogens is 566 g/mol. The average Bonchev–Trinajstić information content (AvgIpc) is 3.26. The van der Waals surface area contributed by atoms with Crippen molar-refractivity contribution < 1.29 is 57.5 Å². The maximum absolute atomic E-state index is 12.7. The number of carbonyl (C=O) groups is 5. The van der Waals surface area contributed by atoms with E-state index in [4.69, 9.17) is 28.4 Å². The molecule has 0 aromatic heterocycles. The van der Waals surface area contributed by atoms with Gasteiger partial charge in [-0.05, 0) is 29.2 Å². The van der Waals surface area contributed by atoms with Gasteiger partial charge in [0.25, 0.3) is 0 Å². The molecule has 1 saturated heterocycles. The van der Waals surface area contributed by atoms with Crippen LogP contribution in [-0.4, -0.2) is 85.0 Å². The second kappa shape index (κ2) is 13.7. The van der Waals surface area contributed by atoms with Crippen molar-refractivity contribution >= 4 is 30.0 Å². The van der Waals surface area contributed by atoms with Crippen molar-refractivity contribution in [3.05, 3.63) is 59.7 Å². The first-order chi connectivity index (χ1) is 20.5. The van der Waals surface area contributed by atoms with E-state index in [2.05, 4.69) is 5.32 Å². The van der Waals surface area contributed by atoms with Gasteiger partial charge in [0.15, 0.2) is 30.6 Å². The zero-order chi connectivity index (χ0) is 31.3. The number of hydrogen-bond donors (Lipinski definition) is 2. The molecule has 2 aromatic rings. The number of aliphatic carboxylic acids is 1. The summed E-state index contributed by atoms with van der Waals surface area (Å²) in [4.78, 5) is 60.1. The summed E-state index contributed by atoms with van der Waals surface area (Å²) in [6, 6.07) is 13.9. The molecule has 0 saturated carbocycles. The molecule has 6 atom stereocenters. The molecule has 13 heteroatoms. The van der Waals surface area contributed by atoms with Crippen LogP contribution in [0.3, 0.4) is 0 Å². The highest BCUT2D eigenvalue weighted by Gasteiger charge is 2.51. The Bertz CT molecular complexity index is 1330. The summed E-state index contributed by atoms with van der Waals surface area (Å²) in [6.45, 7) is 4.19. The van der Waals surface area contributed by atoms with Gasteiger partial charge in [-0.1, -0.05) is 48.5 Å². The molecule has 4 rings (SSSR count). The van der Waals surface area contributed by atoms with Crippen molar-refractivity contribution in [2.45, 2.75) is 70.4 Å². The Hall–Kier alpha value is -4.49. The Labute approximate surface area is 247 Å². The highest BCUT2D eigenvalue weighted by atomic mass is 16.7. The van der Waals surface area contributed by atoms with Gasteiger partial charge < -0.3 is 38.8 Å². The Kier molecular flexibility index (Phi) is 9.99. The quantitative estimate of drug-likeness (QED) is 0.302. The van der Waals surface area contributed by atoms with E-state index in [0.29, 0.717) is 0 Å². The first-order valence-electron chi connectivity index (χ1n) is 13.6. The van der Waals surface area contributed by atoms with Crippen LogP contribution in [-0.2, 0) is 47.6 Å². The van der Waals surface area contributed by atoms with Crippen molar-refractivity contribution in [2.24, 2.45) is 0 Å². The number of rotatable bonds is 10. The lowest BCUT2D eigenvalue weighted by molar-refractivity contribution is -0.301. The molecule has 2 N–H and O–H groups in total. The van der Waals surface area contributed by atoms with Gasteiger partial charge in [-0.3, -0.25) is 14.4 Å². The van der Waals surface area contributed by atoms with E-state index in [0.717, 1.165) is 43.0 Å². The zero-order valence-electron chi connectivity index (χ0n) is 24.0. The number of carbonyl (C=O) groups excluding carboxylic acids is 4. The van der Waals surface area contributed by atoms with Crippen LogP contribution < -0.4 is 5.32 Å². The molecule has 13 nitrogen and oxygen atoms in total.